The number of aliphatic hydroxyl groups is 1. The lowest BCUT2D eigenvalue weighted by Gasteiger charge is -2.05. The number of pyridine rings is 1. The third kappa shape index (κ3) is 5.96. The Morgan fingerprint density at radius 1 is 1.21 bits per heavy atom. The highest BCUT2D eigenvalue weighted by molar-refractivity contribution is 6.39. The molecule has 0 aliphatic carbocycles. The summed E-state index contributed by atoms with van der Waals surface area (Å²) in [7, 11) is 0. The fraction of sp³-hybridized carbons (Fsp3) is 0.462. The molecule has 0 aliphatic heterocycles. The topological polar surface area (TPSA) is 91.3 Å². The summed E-state index contributed by atoms with van der Waals surface area (Å²) in [5, 5.41) is 13.5. The number of rotatable bonds is 6. The van der Waals surface area contributed by atoms with Crippen molar-refractivity contribution >= 4 is 17.6 Å². The molecule has 6 heteroatoms. The quantitative estimate of drug-likeness (QED) is 0.519. The van der Waals surface area contributed by atoms with Gasteiger partial charge in [0.05, 0.1) is 0 Å². The highest BCUT2D eigenvalue weighted by Crippen LogP contribution is 2.03. The summed E-state index contributed by atoms with van der Waals surface area (Å²) in [6, 6.07) is 3.44. The van der Waals surface area contributed by atoms with Gasteiger partial charge in [-0.2, -0.15) is 0 Å². The summed E-state index contributed by atoms with van der Waals surface area (Å²) >= 11 is 0. The van der Waals surface area contributed by atoms with Crippen molar-refractivity contribution < 1.29 is 14.7 Å². The van der Waals surface area contributed by atoms with Crippen LogP contribution in [-0.4, -0.2) is 35.1 Å². The predicted octanol–water partition coefficient (Wildman–Crippen LogP) is 0.607. The molecule has 0 fully saturated rings. The molecule has 1 aromatic heterocycles. The van der Waals surface area contributed by atoms with E-state index in [1.54, 1.807) is 18.3 Å². The Kier molecular flexibility index (Phi) is 6.52. The van der Waals surface area contributed by atoms with Crippen molar-refractivity contribution in [3.05, 3.63) is 23.9 Å². The van der Waals surface area contributed by atoms with E-state index >= 15 is 0 Å². The number of carbonyl (C=O) groups excluding carboxylic acids is 2. The minimum absolute atomic E-state index is 0.146. The molecule has 0 saturated carbocycles. The smallest absolute Gasteiger partial charge is 0.314 e. The molecule has 2 amide bonds. The van der Waals surface area contributed by atoms with E-state index in [9.17, 15) is 9.59 Å². The van der Waals surface area contributed by atoms with E-state index in [2.05, 4.69) is 15.6 Å². The van der Waals surface area contributed by atoms with Crippen molar-refractivity contribution in [1.29, 1.82) is 0 Å². The zero-order valence-electron chi connectivity index (χ0n) is 11.0. The van der Waals surface area contributed by atoms with Gasteiger partial charge in [-0.05, 0) is 37.8 Å². The van der Waals surface area contributed by atoms with E-state index in [0.29, 0.717) is 18.8 Å². The molecule has 19 heavy (non-hydrogen) atoms. The molecule has 0 saturated heterocycles. The van der Waals surface area contributed by atoms with Gasteiger partial charge in [-0.3, -0.25) is 9.59 Å². The minimum atomic E-state index is -0.724. The van der Waals surface area contributed by atoms with Crippen LogP contribution < -0.4 is 10.6 Å². The first kappa shape index (κ1) is 15.1. The molecule has 0 aliphatic rings. The zero-order chi connectivity index (χ0) is 14.1. The van der Waals surface area contributed by atoms with Crippen LogP contribution in [-0.2, 0) is 9.59 Å². The van der Waals surface area contributed by atoms with Gasteiger partial charge in [0.15, 0.2) is 0 Å². The lowest BCUT2D eigenvalue weighted by molar-refractivity contribution is -0.136. The fourth-order valence-corrected chi connectivity index (χ4v) is 1.41. The van der Waals surface area contributed by atoms with Gasteiger partial charge in [-0.1, -0.05) is 6.07 Å². The molecule has 1 aromatic rings. The average molecular weight is 265 g/mol. The summed E-state index contributed by atoms with van der Waals surface area (Å²) in [4.78, 5) is 26.9. The maximum atomic E-state index is 11.5. The molecule has 0 radical (unpaired) electrons. The number of nitrogens with one attached hydrogen (secondary N) is 2. The summed E-state index contributed by atoms with van der Waals surface area (Å²) < 4.78 is 0. The van der Waals surface area contributed by atoms with Gasteiger partial charge in [-0.15, -0.1) is 0 Å². The van der Waals surface area contributed by atoms with Gasteiger partial charge < -0.3 is 15.7 Å². The van der Waals surface area contributed by atoms with Gasteiger partial charge in [0, 0.05) is 19.3 Å². The first-order valence-electron chi connectivity index (χ1n) is 6.26. The summed E-state index contributed by atoms with van der Waals surface area (Å²) in [6.45, 7) is 2.46. The largest absolute Gasteiger partial charge is 0.396 e. The van der Waals surface area contributed by atoms with Gasteiger partial charge in [0.25, 0.3) is 0 Å². The van der Waals surface area contributed by atoms with E-state index < -0.39 is 11.8 Å². The Hall–Kier alpha value is -1.95. The molecule has 3 N–H and O–H groups in total. The molecular weight excluding hydrogens is 246 g/mol. The first-order valence-corrected chi connectivity index (χ1v) is 6.26. The molecule has 0 aromatic carbocycles. The number of hydrogen-bond acceptors (Lipinski definition) is 4. The standard InChI is InChI=1S/C13H19N3O3/c1-10-5-6-11(15-9-10)16-13(19)12(18)14-7-3-2-4-8-17/h5-6,9,17H,2-4,7-8H2,1H3,(H,14,18)(H,15,16,19). The number of carbonyl (C=O) groups is 2. The van der Waals surface area contributed by atoms with Crippen LogP contribution in [0.2, 0.25) is 0 Å². The maximum absolute atomic E-state index is 11.5. The lowest BCUT2D eigenvalue weighted by atomic mass is 10.2. The average Bonchev–Trinajstić information content (AvgIpc) is 2.41. The van der Waals surface area contributed by atoms with Crippen molar-refractivity contribution in [2.75, 3.05) is 18.5 Å². The van der Waals surface area contributed by atoms with E-state index in [1.807, 2.05) is 6.92 Å². The minimum Gasteiger partial charge on any atom is -0.396 e. The van der Waals surface area contributed by atoms with Crippen molar-refractivity contribution in [2.45, 2.75) is 26.2 Å². The van der Waals surface area contributed by atoms with Gasteiger partial charge in [0.2, 0.25) is 0 Å². The SMILES string of the molecule is Cc1ccc(NC(=O)C(=O)NCCCCCO)nc1. The number of aromatic nitrogens is 1. The molecule has 0 bridgehead atoms. The summed E-state index contributed by atoms with van der Waals surface area (Å²) in [6.07, 6.45) is 3.87. The van der Waals surface area contributed by atoms with Crippen LogP contribution >= 0.6 is 0 Å². The van der Waals surface area contributed by atoms with E-state index in [-0.39, 0.29) is 6.61 Å². The second-order valence-electron chi connectivity index (χ2n) is 4.22. The van der Waals surface area contributed by atoms with Crippen LogP contribution in [0.3, 0.4) is 0 Å². The Balaban J connectivity index is 2.28. The lowest BCUT2D eigenvalue weighted by Crippen LogP contribution is -2.36. The Morgan fingerprint density at radius 2 is 2.00 bits per heavy atom. The number of anilines is 1. The summed E-state index contributed by atoms with van der Waals surface area (Å²) in [5.74, 6) is -1.05. The van der Waals surface area contributed by atoms with Crippen molar-refractivity contribution in [2.24, 2.45) is 0 Å². The zero-order valence-corrected chi connectivity index (χ0v) is 11.0. The second kappa shape index (κ2) is 8.20. The number of unbranched alkanes of at least 4 members (excludes halogenated alkanes) is 2. The third-order valence-corrected chi connectivity index (χ3v) is 2.48. The predicted molar refractivity (Wildman–Crippen MR) is 71.6 cm³/mol. The van der Waals surface area contributed by atoms with Gasteiger partial charge in [-0.25, -0.2) is 4.98 Å². The van der Waals surface area contributed by atoms with Crippen LogP contribution in [0.4, 0.5) is 5.82 Å². The van der Waals surface area contributed by atoms with Crippen LogP contribution in [0.5, 0.6) is 0 Å². The first-order chi connectivity index (χ1) is 9.13. The summed E-state index contributed by atoms with van der Waals surface area (Å²) in [5.41, 5.74) is 0.978. The van der Waals surface area contributed by atoms with E-state index in [4.69, 9.17) is 5.11 Å². The molecule has 0 atom stereocenters. The molecule has 104 valence electrons. The molecule has 1 heterocycles. The van der Waals surface area contributed by atoms with Crippen molar-refractivity contribution in [1.82, 2.24) is 10.3 Å². The van der Waals surface area contributed by atoms with E-state index in [0.717, 1.165) is 18.4 Å². The molecular formula is C13H19N3O3. The highest BCUT2D eigenvalue weighted by atomic mass is 16.3. The monoisotopic (exact) mass is 265 g/mol. The Bertz CT molecular complexity index is 418. The molecule has 6 nitrogen and oxygen atoms in total. The normalized spacial score (nSPS) is 10.0. The highest BCUT2D eigenvalue weighted by Gasteiger charge is 2.13. The Morgan fingerprint density at radius 3 is 2.63 bits per heavy atom. The number of hydrogen-bond donors (Lipinski definition) is 3. The Labute approximate surface area is 112 Å². The number of nitrogens with zero attached hydrogens (tertiary/aromatic N) is 1. The van der Waals surface area contributed by atoms with Crippen molar-refractivity contribution in [3.8, 4) is 0 Å². The van der Waals surface area contributed by atoms with Gasteiger partial charge in [0.1, 0.15) is 5.82 Å². The molecule has 0 spiro atoms. The van der Waals surface area contributed by atoms with Gasteiger partial charge >= 0.3 is 11.8 Å². The van der Waals surface area contributed by atoms with Crippen LogP contribution in [0.15, 0.2) is 18.3 Å². The molecule has 1 rings (SSSR count). The third-order valence-electron chi connectivity index (χ3n) is 2.48. The van der Waals surface area contributed by atoms with E-state index in [1.165, 1.54) is 0 Å². The van der Waals surface area contributed by atoms with Crippen LogP contribution in [0.1, 0.15) is 24.8 Å². The number of aryl methyl sites for hydroxylation is 1. The maximum Gasteiger partial charge on any atom is 0.314 e. The number of aliphatic hydroxyl groups excluding tert-OH is 1. The molecule has 0 unspecified atom stereocenters. The number of amides is 2. The van der Waals surface area contributed by atoms with Crippen molar-refractivity contribution in [3.63, 3.8) is 0 Å². The second-order valence-corrected chi connectivity index (χ2v) is 4.22. The van der Waals surface area contributed by atoms with Crippen LogP contribution in [0, 0.1) is 6.92 Å². The fourth-order valence-electron chi connectivity index (χ4n) is 1.41. The van der Waals surface area contributed by atoms with Crippen LogP contribution in [0.25, 0.3) is 0 Å².